The molecular formula is C20H23F2N3O3S. The number of urea groups is 1. The average molecular weight is 423 g/mol. The lowest BCUT2D eigenvalue weighted by atomic mass is 9.87. The van der Waals surface area contributed by atoms with Gasteiger partial charge in [-0.05, 0) is 43.7 Å². The Hall–Kier alpha value is -2.52. The van der Waals surface area contributed by atoms with Gasteiger partial charge >= 0.3 is 6.03 Å². The highest BCUT2D eigenvalue weighted by Crippen LogP contribution is 2.40. The molecule has 0 heterocycles. The van der Waals surface area contributed by atoms with Crippen molar-refractivity contribution in [2.75, 3.05) is 7.05 Å². The zero-order valence-corrected chi connectivity index (χ0v) is 16.8. The zero-order valence-electron chi connectivity index (χ0n) is 16.0. The minimum atomic E-state index is -3.58. The summed E-state index contributed by atoms with van der Waals surface area (Å²) in [7, 11) is -2.26. The lowest BCUT2D eigenvalue weighted by molar-refractivity contribution is 0.223. The van der Waals surface area contributed by atoms with Gasteiger partial charge in [-0.3, -0.25) is 0 Å². The molecule has 0 saturated heterocycles. The first-order valence-electron chi connectivity index (χ1n) is 9.30. The van der Waals surface area contributed by atoms with Crippen molar-refractivity contribution in [1.82, 2.24) is 15.4 Å². The molecule has 0 spiro atoms. The van der Waals surface area contributed by atoms with E-state index in [0.717, 1.165) is 18.9 Å². The average Bonchev–Trinajstić information content (AvgIpc) is 3.15. The summed E-state index contributed by atoms with van der Waals surface area (Å²) in [4.78, 5) is 12.6. The summed E-state index contributed by atoms with van der Waals surface area (Å²) in [5.41, 5.74) is -0.0160. The van der Waals surface area contributed by atoms with E-state index in [-0.39, 0.29) is 17.0 Å². The second-order valence-electron chi connectivity index (χ2n) is 7.08. The number of hydrogen-bond acceptors (Lipinski definition) is 3. The van der Waals surface area contributed by atoms with Crippen LogP contribution < -0.4 is 15.4 Å². The third-order valence-corrected chi connectivity index (χ3v) is 6.60. The van der Waals surface area contributed by atoms with Gasteiger partial charge in [0.2, 0.25) is 10.0 Å². The van der Waals surface area contributed by atoms with E-state index in [2.05, 4.69) is 15.4 Å². The van der Waals surface area contributed by atoms with Crippen LogP contribution in [0.3, 0.4) is 0 Å². The molecule has 1 saturated carbocycles. The Morgan fingerprint density at radius 1 is 1.10 bits per heavy atom. The molecule has 3 N–H and O–H groups in total. The first kappa shape index (κ1) is 21.2. The van der Waals surface area contributed by atoms with Crippen molar-refractivity contribution in [3.05, 3.63) is 65.2 Å². The maximum atomic E-state index is 14.4. The quantitative estimate of drug-likeness (QED) is 0.667. The molecule has 2 aromatic carbocycles. The predicted octanol–water partition coefficient (Wildman–Crippen LogP) is 3.14. The molecule has 0 aromatic heterocycles. The second-order valence-corrected chi connectivity index (χ2v) is 8.96. The van der Waals surface area contributed by atoms with Crippen LogP contribution in [0.15, 0.2) is 47.4 Å². The molecule has 1 fully saturated rings. The SMILES string of the molecule is CNS(=O)(=O)c1cccc(CNC(=O)NC2(c3ccc(F)cc3F)CCCC2)c1. The van der Waals surface area contributed by atoms with E-state index in [1.54, 1.807) is 12.1 Å². The molecule has 2 amide bonds. The molecule has 156 valence electrons. The van der Waals surface area contributed by atoms with E-state index in [4.69, 9.17) is 0 Å². The summed E-state index contributed by atoms with van der Waals surface area (Å²) >= 11 is 0. The van der Waals surface area contributed by atoms with Crippen molar-refractivity contribution in [2.24, 2.45) is 0 Å². The number of rotatable bonds is 6. The van der Waals surface area contributed by atoms with Gasteiger partial charge in [-0.25, -0.2) is 26.7 Å². The second kappa shape index (κ2) is 8.46. The Labute approximate surface area is 168 Å². The van der Waals surface area contributed by atoms with Crippen molar-refractivity contribution >= 4 is 16.1 Å². The van der Waals surface area contributed by atoms with Crippen LogP contribution in [0.2, 0.25) is 0 Å². The van der Waals surface area contributed by atoms with E-state index >= 15 is 0 Å². The number of halogens is 2. The van der Waals surface area contributed by atoms with Gasteiger partial charge in [0, 0.05) is 18.2 Å². The Morgan fingerprint density at radius 3 is 2.48 bits per heavy atom. The van der Waals surface area contributed by atoms with Crippen LogP contribution in [0, 0.1) is 11.6 Å². The van der Waals surface area contributed by atoms with Gasteiger partial charge in [0.25, 0.3) is 0 Å². The minimum absolute atomic E-state index is 0.0976. The zero-order chi connectivity index (χ0) is 21.1. The summed E-state index contributed by atoms with van der Waals surface area (Å²) in [6, 6.07) is 9.09. The third-order valence-electron chi connectivity index (χ3n) is 5.19. The number of amides is 2. The fraction of sp³-hybridized carbons (Fsp3) is 0.350. The number of carbonyl (C=O) groups excluding carboxylic acids is 1. The summed E-state index contributed by atoms with van der Waals surface area (Å²) in [6.07, 6.45) is 2.75. The summed E-state index contributed by atoms with van der Waals surface area (Å²) in [5, 5.41) is 5.54. The van der Waals surface area contributed by atoms with Crippen LogP contribution >= 0.6 is 0 Å². The maximum absolute atomic E-state index is 14.4. The van der Waals surface area contributed by atoms with Gasteiger partial charge in [0.15, 0.2) is 0 Å². The van der Waals surface area contributed by atoms with Crippen LogP contribution in [0.25, 0.3) is 0 Å². The fourth-order valence-electron chi connectivity index (χ4n) is 3.70. The highest BCUT2D eigenvalue weighted by Gasteiger charge is 2.39. The lowest BCUT2D eigenvalue weighted by Crippen LogP contribution is -2.48. The summed E-state index contributed by atoms with van der Waals surface area (Å²) < 4.78 is 53.7. The molecule has 0 aliphatic heterocycles. The molecule has 1 aliphatic carbocycles. The van der Waals surface area contributed by atoms with E-state index in [1.165, 1.54) is 31.3 Å². The van der Waals surface area contributed by atoms with Gasteiger partial charge in [-0.15, -0.1) is 0 Å². The Bertz CT molecular complexity index is 1010. The molecule has 6 nitrogen and oxygen atoms in total. The number of carbonyl (C=O) groups is 1. The van der Waals surface area contributed by atoms with Gasteiger partial charge in [-0.2, -0.15) is 0 Å². The maximum Gasteiger partial charge on any atom is 0.315 e. The van der Waals surface area contributed by atoms with Crippen molar-refractivity contribution in [2.45, 2.75) is 42.7 Å². The normalized spacial score (nSPS) is 15.8. The van der Waals surface area contributed by atoms with E-state index < -0.39 is 33.2 Å². The molecule has 2 aromatic rings. The molecule has 3 rings (SSSR count). The number of benzene rings is 2. The van der Waals surface area contributed by atoms with E-state index in [9.17, 15) is 22.0 Å². The number of hydrogen-bond donors (Lipinski definition) is 3. The topological polar surface area (TPSA) is 87.3 Å². The molecule has 0 unspecified atom stereocenters. The Kier molecular flexibility index (Phi) is 6.18. The lowest BCUT2D eigenvalue weighted by Gasteiger charge is -2.31. The fourth-order valence-corrected chi connectivity index (χ4v) is 4.50. The van der Waals surface area contributed by atoms with Crippen molar-refractivity contribution in [3.63, 3.8) is 0 Å². The molecule has 0 bridgehead atoms. The largest absolute Gasteiger partial charge is 0.334 e. The number of nitrogens with one attached hydrogen (secondary N) is 3. The van der Waals surface area contributed by atoms with Gasteiger partial charge in [-0.1, -0.05) is 31.0 Å². The van der Waals surface area contributed by atoms with Gasteiger partial charge in [0.05, 0.1) is 10.4 Å². The van der Waals surface area contributed by atoms with Crippen LogP contribution in [0.4, 0.5) is 13.6 Å². The molecule has 29 heavy (non-hydrogen) atoms. The van der Waals surface area contributed by atoms with E-state index in [1.807, 2.05) is 0 Å². The monoisotopic (exact) mass is 423 g/mol. The van der Waals surface area contributed by atoms with Crippen LogP contribution in [-0.2, 0) is 22.1 Å². The Balaban J connectivity index is 1.72. The molecule has 1 aliphatic rings. The predicted molar refractivity (Wildman–Crippen MR) is 105 cm³/mol. The summed E-state index contributed by atoms with van der Waals surface area (Å²) in [6.45, 7) is 0.0981. The molecular weight excluding hydrogens is 400 g/mol. The van der Waals surface area contributed by atoms with Gasteiger partial charge < -0.3 is 10.6 Å². The molecule has 9 heteroatoms. The van der Waals surface area contributed by atoms with Crippen LogP contribution in [-0.4, -0.2) is 21.5 Å². The van der Waals surface area contributed by atoms with Crippen molar-refractivity contribution < 1.29 is 22.0 Å². The van der Waals surface area contributed by atoms with E-state index in [0.29, 0.717) is 18.4 Å². The van der Waals surface area contributed by atoms with Crippen molar-refractivity contribution in [1.29, 1.82) is 0 Å². The highest BCUT2D eigenvalue weighted by molar-refractivity contribution is 7.89. The highest BCUT2D eigenvalue weighted by atomic mass is 32.2. The van der Waals surface area contributed by atoms with Crippen LogP contribution in [0.1, 0.15) is 36.8 Å². The molecule has 0 radical (unpaired) electrons. The van der Waals surface area contributed by atoms with Gasteiger partial charge in [0.1, 0.15) is 11.6 Å². The smallest absolute Gasteiger partial charge is 0.315 e. The van der Waals surface area contributed by atoms with Crippen molar-refractivity contribution in [3.8, 4) is 0 Å². The number of sulfonamides is 1. The Morgan fingerprint density at radius 2 is 1.83 bits per heavy atom. The standard InChI is InChI=1S/C20H23F2N3O3S/c1-23-29(27,28)16-6-4-5-14(11-16)13-24-19(26)25-20(9-2-3-10-20)17-8-7-15(21)12-18(17)22/h4-8,11-12,23H,2-3,9-10,13H2,1H3,(H2,24,25,26). The molecule has 0 atom stereocenters. The first-order valence-corrected chi connectivity index (χ1v) is 10.8. The van der Waals surface area contributed by atoms with Crippen LogP contribution in [0.5, 0.6) is 0 Å². The minimum Gasteiger partial charge on any atom is -0.334 e. The summed E-state index contributed by atoms with van der Waals surface area (Å²) in [5.74, 6) is -1.35. The third kappa shape index (κ3) is 4.73. The first-order chi connectivity index (χ1) is 13.8.